The lowest BCUT2D eigenvalue weighted by atomic mass is 10.2. The fraction of sp³-hybridized carbons (Fsp3) is 0.346. The lowest BCUT2D eigenvalue weighted by Crippen LogP contribution is -2.36. The molecule has 0 spiro atoms. The number of thiazole rings is 1. The highest BCUT2D eigenvalue weighted by atomic mass is 32.2. The molecule has 0 saturated heterocycles. The van der Waals surface area contributed by atoms with Gasteiger partial charge in [0, 0.05) is 38.4 Å². The lowest BCUT2D eigenvalue weighted by Gasteiger charge is -2.21. The second-order valence-electron chi connectivity index (χ2n) is 8.87. The third-order valence-electron chi connectivity index (χ3n) is 6.45. The molecule has 2 heterocycles. The maximum atomic E-state index is 13.3. The Bertz CT molecular complexity index is 1510. The molecule has 0 unspecified atom stereocenters. The van der Waals surface area contributed by atoms with Crippen molar-refractivity contribution < 1.29 is 22.7 Å². The molecule has 12 heteroatoms. The normalized spacial score (nSPS) is 13.3. The van der Waals surface area contributed by atoms with E-state index in [2.05, 4.69) is 5.32 Å². The fourth-order valence-corrected chi connectivity index (χ4v) is 6.79. The van der Waals surface area contributed by atoms with Crippen LogP contribution in [0.5, 0.6) is 0 Å². The van der Waals surface area contributed by atoms with Gasteiger partial charge in [-0.1, -0.05) is 23.5 Å². The van der Waals surface area contributed by atoms with Crippen LogP contribution in [-0.2, 0) is 32.3 Å². The summed E-state index contributed by atoms with van der Waals surface area (Å²) >= 11 is 1.51. The lowest BCUT2D eigenvalue weighted by molar-refractivity contribution is 0.102. The van der Waals surface area contributed by atoms with E-state index in [4.69, 9.17) is 19.6 Å². The van der Waals surface area contributed by atoms with Crippen molar-refractivity contribution in [2.75, 3.05) is 45.8 Å². The van der Waals surface area contributed by atoms with Crippen molar-refractivity contribution in [3.8, 4) is 5.13 Å². The van der Waals surface area contributed by atoms with Crippen LogP contribution in [0.1, 0.15) is 28.0 Å². The topological polar surface area (TPSA) is 116 Å². The second-order valence-corrected chi connectivity index (χ2v) is 11.8. The highest BCUT2D eigenvalue weighted by molar-refractivity contribution is 7.89. The Morgan fingerprint density at radius 2 is 1.76 bits per heavy atom. The van der Waals surface area contributed by atoms with Gasteiger partial charge in [0.15, 0.2) is 0 Å². The van der Waals surface area contributed by atoms with E-state index in [1.807, 2.05) is 24.3 Å². The van der Waals surface area contributed by atoms with Crippen molar-refractivity contribution in [1.29, 1.82) is 0 Å². The summed E-state index contributed by atoms with van der Waals surface area (Å²) in [7, 11) is -0.740. The average Bonchev–Trinajstić information content (AvgIpc) is 3.64. The van der Waals surface area contributed by atoms with Crippen LogP contribution in [0.25, 0.3) is 15.3 Å². The van der Waals surface area contributed by atoms with Gasteiger partial charge in [0.05, 0.1) is 34.0 Å². The van der Waals surface area contributed by atoms with E-state index in [1.165, 1.54) is 54.1 Å². The highest BCUT2D eigenvalue weighted by Crippen LogP contribution is 2.34. The molecule has 5 rings (SSSR count). The van der Waals surface area contributed by atoms with E-state index in [0.29, 0.717) is 16.5 Å². The summed E-state index contributed by atoms with van der Waals surface area (Å²) < 4.78 is 40.6. The molecule has 1 N–H and O–H groups in total. The molecule has 4 aromatic rings. The number of sulfonamides is 1. The summed E-state index contributed by atoms with van der Waals surface area (Å²) in [5.41, 5.74) is 3.20. The highest BCUT2D eigenvalue weighted by Gasteiger charge is 2.27. The number of hydrogen-bond donors (Lipinski definition) is 1. The number of fused-ring (bicyclic) bond motifs is 2. The summed E-state index contributed by atoms with van der Waals surface area (Å²) in [6.07, 6.45) is 2.66. The summed E-state index contributed by atoms with van der Waals surface area (Å²) in [5.74, 6) is 0.269. The van der Waals surface area contributed by atoms with Crippen LogP contribution in [-0.4, -0.2) is 73.9 Å². The first-order chi connectivity index (χ1) is 18.4. The molecule has 1 amide bonds. The van der Waals surface area contributed by atoms with E-state index in [-0.39, 0.29) is 37.1 Å². The number of aryl methyl sites for hydroxylation is 1. The Labute approximate surface area is 225 Å². The monoisotopic (exact) mass is 555 g/mol. The molecule has 0 fully saturated rings. The maximum absolute atomic E-state index is 13.3. The zero-order chi connectivity index (χ0) is 26.7. The number of benzene rings is 2. The quantitative estimate of drug-likeness (QED) is 0.301. The number of carbonyl (C=O) groups is 1. The Morgan fingerprint density at radius 3 is 2.45 bits per heavy atom. The predicted octanol–water partition coefficient (Wildman–Crippen LogP) is 3.51. The number of ether oxygens (including phenoxy) is 2. The first kappa shape index (κ1) is 26.4. The van der Waals surface area contributed by atoms with Crippen molar-refractivity contribution in [2.24, 2.45) is 0 Å². The molecule has 0 aliphatic heterocycles. The van der Waals surface area contributed by atoms with Gasteiger partial charge in [0.25, 0.3) is 5.91 Å². The van der Waals surface area contributed by atoms with Crippen molar-refractivity contribution in [2.45, 2.75) is 24.2 Å². The van der Waals surface area contributed by atoms with Gasteiger partial charge in [-0.2, -0.15) is 14.1 Å². The third kappa shape index (κ3) is 5.22. The number of aromatic nitrogens is 3. The first-order valence-electron chi connectivity index (χ1n) is 12.3. The molecule has 0 saturated carbocycles. The third-order valence-corrected chi connectivity index (χ3v) is 9.37. The number of nitrogens with one attached hydrogen (secondary N) is 1. The average molecular weight is 556 g/mol. The van der Waals surface area contributed by atoms with Crippen LogP contribution in [0.2, 0.25) is 0 Å². The van der Waals surface area contributed by atoms with Crippen LogP contribution < -0.4 is 5.32 Å². The van der Waals surface area contributed by atoms with E-state index in [1.54, 1.807) is 4.68 Å². The minimum absolute atomic E-state index is 0.0988. The van der Waals surface area contributed by atoms with Gasteiger partial charge in [-0.3, -0.25) is 4.79 Å². The van der Waals surface area contributed by atoms with Gasteiger partial charge in [0.2, 0.25) is 15.2 Å². The molecular weight excluding hydrogens is 526 g/mol. The SMILES string of the molecule is COCCN(CCOC)S(=O)(=O)c1ccc(C(=O)Nc2c3c(nn2-c2nc4ccccc4s2)CCC3)cc1. The van der Waals surface area contributed by atoms with Crippen molar-refractivity contribution >= 4 is 43.3 Å². The molecule has 38 heavy (non-hydrogen) atoms. The van der Waals surface area contributed by atoms with Gasteiger partial charge in [-0.05, 0) is 55.7 Å². The Kier molecular flexibility index (Phi) is 7.86. The smallest absolute Gasteiger partial charge is 0.256 e. The van der Waals surface area contributed by atoms with E-state index >= 15 is 0 Å². The fourth-order valence-electron chi connectivity index (χ4n) is 4.45. The van der Waals surface area contributed by atoms with Crippen molar-refractivity contribution in [1.82, 2.24) is 19.1 Å². The minimum Gasteiger partial charge on any atom is -0.383 e. The number of carbonyl (C=O) groups excluding carboxylic acids is 1. The number of amides is 1. The zero-order valence-corrected chi connectivity index (χ0v) is 22.8. The number of nitrogens with zero attached hydrogens (tertiary/aromatic N) is 4. The Morgan fingerprint density at radius 1 is 1.05 bits per heavy atom. The van der Waals surface area contributed by atoms with Crippen LogP contribution in [0.3, 0.4) is 0 Å². The van der Waals surface area contributed by atoms with E-state index < -0.39 is 10.0 Å². The predicted molar refractivity (Wildman–Crippen MR) is 146 cm³/mol. The Balaban J connectivity index is 1.39. The Hall–Kier alpha value is -3.16. The van der Waals surface area contributed by atoms with Gasteiger partial charge >= 0.3 is 0 Å². The van der Waals surface area contributed by atoms with Gasteiger partial charge in [0.1, 0.15) is 5.82 Å². The molecule has 0 atom stereocenters. The van der Waals surface area contributed by atoms with Crippen molar-refractivity contribution in [3.63, 3.8) is 0 Å². The molecule has 1 aliphatic rings. The van der Waals surface area contributed by atoms with Crippen LogP contribution in [0.15, 0.2) is 53.4 Å². The summed E-state index contributed by atoms with van der Waals surface area (Å²) in [4.78, 5) is 18.1. The van der Waals surface area contributed by atoms with Crippen molar-refractivity contribution in [3.05, 3.63) is 65.4 Å². The standard InChI is InChI=1S/C26H29N5O5S2/c1-35-16-14-30(15-17-36-2)38(33,34)19-12-10-18(11-13-19)25(32)28-24-20-6-5-8-21(20)29-31(24)26-27-22-7-3-4-9-23(22)37-26/h3-4,7,9-13H,5-6,8,14-17H2,1-2H3,(H,28,32). The van der Waals surface area contributed by atoms with E-state index in [9.17, 15) is 13.2 Å². The summed E-state index contributed by atoms with van der Waals surface area (Å²) in [5, 5.41) is 8.47. The number of para-hydroxylation sites is 1. The van der Waals surface area contributed by atoms with Gasteiger partial charge in [-0.15, -0.1) is 0 Å². The number of anilines is 1. The molecule has 1 aliphatic carbocycles. The summed E-state index contributed by atoms with van der Waals surface area (Å²) in [6, 6.07) is 13.8. The largest absolute Gasteiger partial charge is 0.383 e. The van der Waals surface area contributed by atoms with Gasteiger partial charge in [-0.25, -0.2) is 13.4 Å². The molecule has 10 nitrogen and oxygen atoms in total. The molecule has 0 bridgehead atoms. The van der Waals surface area contributed by atoms with E-state index in [0.717, 1.165) is 40.7 Å². The molecule has 2 aromatic heterocycles. The minimum atomic E-state index is -3.78. The zero-order valence-electron chi connectivity index (χ0n) is 21.2. The van der Waals surface area contributed by atoms with Crippen LogP contribution >= 0.6 is 11.3 Å². The molecular formula is C26H29N5O5S2. The molecule has 0 radical (unpaired) electrons. The number of rotatable bonds is 11. The second kappa shape index (κ2) is 11.3. The molecule has 200 valence electrons. The number of hydrogen-bond acceptors (Lipinski definition) is 8. The first-order valence-corrected chi connectivity index (χ1v) is 14.5. The van der Waals surface area contributed by atoms with Crippen LogP contribution in [0, 0.1) is 0 Å². The summed E-state index contributed by atoms with van der Waals surface area (Å²) in [6.45, 7) is 0.919. The van der Waals surface area contributed by atoms with Crippen LogP contribution in [0.4, 0.5) is 5.82 Å². The maximum Gasteiger partial charge on any atom is 0.256 e. The van der Waals surface area contributed by atoms with Gasteiger partial charge < -0.3 is 14.8 Å². The number of methoxy groups -OCH3 is 2. The molecule has 2 aromatic carbocycles.